The molecular formula is C19H20N6O5. The Morgan fingerprint density at radius 1 is 1.30 bits per heavy atom. The molecule has 0 saturated heterocycles. The van der Waals surface area contributed by atoms with Crippen LogP contribution < -0.4 is 5.32 Å². The fourth-order valence-electron chi connectivity index (χ4n) is 2.78. The maximum Gasteiger partial charge on any atom is 0.343 e. The Kier molecular flexibility index (Phi) is 5.90. The molecule has 1 N–H and O–H groups in total. The number of ether oxygens (including phenoxy) is 1. The fraction of sp³-hybridized carbons (Fsp3) is 0.263. The number of benzene rings is 1. The van der Waals surface area contributed by atoms with E-state index in [2.05, 4.69) is 15.5 Å². The first kappa shape index (κ1) is 20.7. The third-order valence-electron chi connectivity index (χ3n) is 4.37. The van der Waals surface area contributed by atoms with Crippen LogP contribution in [0.25, 0.3) is 5.69 Å². The lowest BCUT2D eigenvalue weighted by atomic mass is 10.2. The van der Waals surface area contributed by atoms with Crippen molar-refractivity contribution in [3.8, 4) is 5.69 Å². The Labute approximate surface area is 171 Å². The molecule has 1 atom stereocenters. The van der Waals surface area contributed by atoms with E-state index in [0.717, 1.165) is 0 Å². The van der Waals surface area contributed by atoms with E-state index in [9.17, 15) is 19.7 Å². The molecule has 2 aromatic heterocycles. The third kappa shape index (κ3) is 4.04. The van der Waals surface area contributed by atoms with Gasteiger partial charge in [-0.1, -0.05) is 18.2 Å². The zero-order chi connectivity index (χ0) is 21.8. The lowest BCUT2D eigenvalue weighted by Crippen LogP contribution is -2.26. The summed E-state index contributed by atoms with van der Waals surface area (Å²) in [7, 11) is 0. The summed E-state index contributed by atoms with van der Waals surface area (Å²) in [5.41, 5.74) is 0.725. The Bertz CT molecular complexity index is 1090. The van der Waals surface area contributed by atoms with Crippen LogP contribution in [0.5, 0.6) is 0 Å². The molecule has 0 aliphatic heterocycles. The van der Waals surface area contributed by atoms with Crippen molar-refractivity contribution >= 4 is 23.4 Å². The molecule has 3 aromatic rings. The predicted molar refractivity (Wildman–Crippen MR) is 106 cm³/mol. The molecule has 11 nitrogen and oxygen atoms in total. The quantitative estimate of drug-likeness (QED) is 0.358. The molecule has 0 radical (unpaired) electrons. The molecule has 156 valence electrons. The number of hydrogen-bond acceptors (Lipinski definition) is 7. The molecule has 3 rings (SSSR count). The summed E-state index contributed by atoms with van der Waals surface area (Å²) in [6, 6.07) is 8.06. The second-order valence-corrected chi connectivity index (χ2v) is 6.38. The molecule has 2 heterocycles. The highest BCUT2D eigenvalue weighted by molar-refractivity contribution is 6.01. The number of para-hydroxylation sites is 1. The van der Waals surface area contributed by atoms with Crippen LogP contribution in [0.3, 0.4) is 0 Å². The minimum Gasteiger partial charge on any atom is -0.462 e. The second-order valence-electron chi connectivity index (χ2n) is 6.38. The topological polar surface area (TPSA) is 134 Å². The highest BCUT2D eigenvalue weighted by Crippen LogP contribution is 2.24. The number of carbonyl (C=O) groups excluding carboxylic acids is 2. The summed E-state index contributed by atoms with van der Waals surface area (Å²) in [5, 5.41) is 22.0. The Balaban J connectivity index is 1.95. The molecule has 0 aliphatic carbocycles. The van der Waals surface area contributed by atoms with Gasteiger partial charge in [0.2, 0.25) is 5.91 Å². The van der Waals surface area contributed by atoms with Gasteiger partial charge in [-0.2, -0.15) is 10.2 Å². The van der Waals surface area contributed by atoms with E-state index >= 15 is 0 Å². The average molecular weight is 412 g/mol. The van der Waals surface area contributed by atoms with Gasteiger partial charge >= 0.3 is 11.7 Å². The molecular weight excluding hydrogens is 392 g/mol. The monoisotopic (exact) mass is 412 g/mol. The van der Waals surface area contributed by atoms with Crippen LogP contribution in [0.15, 0.2) is 42.7 Å². The largest absolute Gasteiger partial charge is 0.462 e. The molecule has 0 fully saturated rings. The van der Waals surface area contributed by atoms with E-state index in [1.165, 1.54) is 28.7 Å². The molecule has 0 spiro atoms. The maximum atomic E-state index is 12.9. The van der Waals surface area contributed by atoms with Crippen LogP contribution in [-0.4, -0.2) is 43.0 Å². The van der Waals surface area contributed by atoms with Gasteiger partial charge in [-0.15, -0.1) is 0 Å². The van der Waals surface area contributed by atoms with Crippen molar-refractivity contribution in [2.24, 2.45) is 0 Å². The van der Waals surface area contributed by atoms with Crippen molar-refractivity contribution in [2.45, 2.75) is 26.8 Å². The number of nitrogens with one attached hydrogen (secondary N) is 1. The van der Waals surface area contributed by atoms with Crippen molar-refractivity contribution < 1.29 is 19.2 Å². The van der Waals surface area contributed by atoms with E-state index in [0.29, 0.717) is 5.69 Å². The van der Waals surface area contributed by atoms with Gasteiger partial charge in [0.1, 0.15) is 23.5 Å². The number of nitrogens with zero attached hydrogens (tertiary/aromatic N) is 5. The molecule has 1 amide bonds. The number of aryl methyl sites for hydroxylation is 1. The summed E-state index contributed by atoms with van der Waals surface area (Å²) in [4.78, 5) is 35.7. The molecule has 30 heavy (non-hydrogen) atoms. The van der Waals surface area contributed by atoms with Crippen molar-refractivity contribution in [1.29, 1.82) is 0 Å². The van der Waals surface area contributed by atoms with Gasteiger partial charge < -0.3 is 10.1 Å². The summed E-state index contributed by atoms with van der Waals surface area (Å²) < 4.78 is 7.67. The number of anilines is 1. The predicted octanol–water partition coefficient (Wildman–Crippen LogP) is 2.66. The van der Waals surface area contributed by atoms with Gasteiger partial charge in [-0.25, -0.2) is 9.48 Å². The number of carbonyl (C=O) groups is 2. The SMILES string of the molecule is CCOC(=O)c1cnn(-c2ccccc2)c1NC(=O)C(C)n1cc([N+](=O)[O-])c(C)n1. The molecule has 11 heteroatoms. The Morgan fingerprint density at radius 3 is 2.60 bits per heavy atom. The maximum absolute atomic E-state index is 12.9. The molecule has 0 saturated carbocycles. The standard InChI is InChI=1S/C19H20N6O5/c1-4-30-19(27)15-10-20-24(14-8-6-5-7-9-14)17(15)21-18(26)13(3)23-11-16(25(28)29)12(2)22-23/h5-11,13H,4H2,1-3H3,(H,21,26). The van der Waals surface area contributed by atoms with Crippen molar-refractivity contribution in [3.05, 3.63) is 64.1 Å². The van der Waals surface area contributed by atoms with E-state index in [4.69, 9.17) is 4.74 Å². The van der Waals surface area contributed by atoms with E-state index in [1.807, 2.05) is 6.07 Å². The van der Waals surface area contributed by atoms with Crippen LogP contribution in [0.1, 0.15) is 35.9 Å². The van der Waals surface area contributed by atoms with Gasteiger partial charge in [0.05, 0.1) is 23.4 Å². The van der Waals surface area contributed by atoms with Crippen molar-refractivity contribution in [3.63, 3.8) is 0 Å². The first-order valence-corrected chi connectivity index (χ1v) is 9.15. The Morgan fingerprint density at radius 2 is 2.00 bits per heavy atom. The summed E-state index contributed by atoms with van der Waals surface area (Å²) >= 11 is 0. The van der Waals surface area contributed by atoms with Crippen LogP contribution >= 0.6 is 0 Å². The van der Waals surface area contributed by atoms with Gasteiger partial charge in [0, 0.05) is 0 Å². The molecule has 0 aliphatic rings. The summed E-state index contributed by atoms with van der Waals surface area (Å²) in [6.45, 7) is 4.86. The van der Waals surface area contributed by atoms with Crippen LogP contribution in [0.2, 0.25) is 0 Å². The average Bonchev–Trinajstić information content (AvgIpc) is 3.32. The highest BCUT2D eigenvalue weighted by atomic mass is 16.6. The fourth-order valence-corrected chi connectivity index (χ4v) is 2.78. The zero-order valence-electron chi connectivity index (χ0n) is 16.6. The molecule has 1 aromatic carbocycles. The van der Waals surface area contributed by atoms with Gasteiger partial charge in [-0.3, -0.25) is 19.6 Å². The van der Waals surface area contributed by atoms with Gasteiger partial charge in [0.25, 0.3) is 0 Å². The zero-order valence-corrected chi connectivity index (χ0v) is 16.6. The normalized spacial score (nSPS) is 11.7. The summed E-state index contributed by atoms with van der Waals surface area (Å²) in [5.74, 6) is -1.03. The second kappa shape index (κ2) is 8.55. The number of esters is 1. The van der Waals surface area contributed by atoms with E-state index in [1.54, 1.807) is 38.1 Å². The van der Waals surface area contributed by atoms with Crippen LogP contribution in [0, 0.1) is 17.0 Å². The highest BCUT2D eigenvalue weighted by Gasteiger charge is 2.26. The smallest absolute Gasteiger partial charge is 0.343 e. The molecule has 1 unspecified atom stereocenters. The number of amides is 1. The first-order valence-electron chi connectivity index (χ1n) is 9.15. The van der Waals surface area contributed by atoms with Gasteiger partial charge in [0.15, 0.2) is 5.82 Å². The minimum absolute atomic E-state index is 0.0869. The van der Waals surface area contributed by atoms with Crippen LogP contribution in [-0.2, 0) is 9.53 Å². The van der Waals surface area contributed by atoms with E-state index < -0.39 is 22.8 Å². The third-order valence-corrected chi connectivity index (χ3v) is 4.37. The van der Waals surface area contributed by atoms with Crippen molar-refractivity contribution in [2.75, 3.05) is 11.9 Å². The summed E-state index contributed by atoms with van der Waals surface area (Å²) in [6.07, 6.45) is 2.51. The number of rotatable bonds is 7. The van der Waals surface area contributed by atoms with Gasteiger partial charge in [-0.05, 0) is 32.9 Å². The van der Waals surface area contributed by atoms with Crippen molar-refractivity contribution in [1.82, 2.24) is 19.6 Å². The minimum atomic E-state index is -0.883. The van der Waals surface area contributed by atoms with Crippen LogP contribution in [0.4, 0.5) is 11.5 Å². The number of nitro groups is 1. The number of hydrogen-bond donors (Lipinski definition) is 1. The lowest BCUT2D eigenvalue weighted by Gasteiger charge is -2.15. The first-order chi connectivity index (χ1) is 14.3. The van der Waals surface area contributed by atoms with E-state index in [-0.39, 0.29) is 29.4 Å². The number of aromatic nitrogens is 4. The Hall–Kier alpha value is -4.02. The lowest BCUT2D eigenvalue weighted by molar-refractivity contribution is -0.385. The molecule has 0 bridgehead atoms.